The summed E-state index contributed by atoms with van der Waals surface area (Å²) in [4.78, 5) is 12.2. The number of amides is 1. The molecule has 1 saturated carbocycles. The molecule has 2 heterocycles. The molecule has 0 bridgehead atoms. The number of carbonyl (C=O) groups excluding carboxylic acids is 1. The Morgan fingerprint density at radius 3 is 3.00 bits per heavy atom. The summed E-state index contributed by atoms with van der Waals surface area (Å²) in [5.74, 6) is 1.24. The average molecular weight is 248 g/mol. The molecule has 2 aliphatic rings. The van der Waals surface area contributed by atoms with E-state index in [1.54, 1.807) is 6.26 Å². The van der Waals surface area contributed by atoms with Crippen LogP contribution in [0.2, 0.25) is 0 Å². The van der Waals surface area contributed by atoms with E-state index in [2.05, 4.69) is 10.6 Å². The highest BCUT2D eigenvalue weighted by molar-refractivity contribution is 5.82. The van der Waals surface area contributed by atoms with E-state index in [1.165, 1.54) is 0 Å². The van der Waals surface area contributed by atoms with E-state index in [1.807, 2.05) is 19.1 Å². The Kier molecular flexibility index (Phi) is 2.90. The van der Waals surface area contributed by atoms with E-state index in [0.717, 1.165) is 38.1 Å². The van der Waals surface area contributed by atoms with E-state index in [-0.39, 0.29) is 17.9 Å². The number of nitrogens with one attached hydrogen (secondary N) is 2. The third kappa shape index (κ3) is 2.05. The lowest BCUT2D eigenvalue weighted by Gasteiger charge is -2.23. The molecule has 3 rings (SSSR count). The van der Waals surface area contributed by atoms with Crippen LogP contribution in [0.3, 0.4) is 0 Å². The second kappa shape index (κ2) is 4.43. The Hall–Kier alpha value is -1.29. The summed E-state index contributed by atoms with van der Waals surface area (Å²) in [6, 6.07) is 3.72. The SMILES string of the molecule is C[C@@H](NC(=O)C1CC12CCNCC2)c1ccco1. The molecule has 4 heteroatoms. The Balaban J connectivity index is 1.57. The van der Waals surface area contributed by atoms with Crippen LogP contribution in [-0.4, -0.2) is 19.0 Å². The third-order valence-corrected chi connectivity index (χ3v) is 4.43. The Labute approximate surface area is 107 Å². The highest BCUT2D eigenvalue weighted by Crippen LogP contribution is 2.58. The normalized spacial score (nSPS) is 26.8. The molecular weight excluding hydrogens is 228 g/mol. The van der Waals surface area contributed by atoms with Crippen LogP contribution in [0.4, 0.5) is 0 Å². The highest BCUT2D eigenvalue weighted by Gasteiger charge is 2.57. The first-order chi connectivity index (χ1) is 8.71. The van der Waals surface area contributed by atoms with E-state index in [0.29, 0.717) is 5.41 Å². The average Bonchev–Trinajstić information content (AvgIpc) is 2.84. The quantitative estimate of drug-likeness (QED) is 0.858. The summed E-state index contributed by atoms with van der Waals surface area (Å²) in [6.07, 6.45) is 4.98. The van der Waals surface area contributed by atoms with Crippen molar-refractivity contribution in [2.75, 3.05) is 13.1 Å². The standard InChI is InChI=1S/C14H20N2O2/c1-10(12-3-2-8-18-12)16-13(17)11-9-14(11)4-6-15-7-5-14/h2-3,8,10-11,15H,4-7,9H2,1H3,(H,16,17)/t10-,11?/m1/s1. The van der Waals surface area contributed by atoms with Crippen molar-refractivity contribution in [1.29, 1.82) is 0 Å². The van der Waals surface area contributed by atoms with Crippen molar-refractivity contribution >= 4 is 5.91 Å². The van der Waals surface area contributed by atoms with E-state index in [4.69, 9.17) is 4.42 Å². The summed E-state index contributed by atoms with van der Waals surface area (Å²) >= 11 is 0. The molecule has 1 unspecified atom stereocenters. The molecule has 1 spiro atoms. The van der Waals surface area contributed by atoms with Gasteiger partial charge in [-0.2, -0.15) is 0 Å². The van der Waals surface area contributed by atoms with Crippen molar-refractivity contribution in [3.8, 4) is 0 Å². The van der Waals surface area contributed by atoms with Crippen LogP contribution in [0.1, 0.15) is 38.0 Å². The van der Waals surface area contributed by atoms with Crippen molar-refractivity contribution in [2.45, 2.75) is 32.2 Å². The summed E-state index contributed by atoms with van der Waals surface area (Å²) in [6.45, 7) is 4.07. The van der Waals surface area contributed by atoms with Crippen LogP contribution in [0.15, 0.2) is 22.8 Å². The number of hydrogen-bond acceptors (Lipinski definition) is 3. The molecule has 0 radical (unpaired) electrons. The van der Waals surface area contributed by atoms with Gasteiger partial charge in [-0.1, -0.05) is 0 Å². The van der Waals surface area contributed by atoms with Crippen LogP contribution in [-0.2, 0) is 4.79 Å². The fourth-order valence-corrected chi connectivity index (χ4v) is 3.12. The smallest absolute Gasteiger partial charge is 0.224 e. The van der Waals surface area contributed by atoms with Gasteiger partial charge in [-0.3, -0.25) is 4.79 Å². The van der Waals surface area contributed by atoms with E-state index in [9.17, 15) is 4.79 Å². The molecule has 1 aliphatic heterocycles. The predicted molar refractivity (Wildman–Crippen MR) is 67.9 cm³/mol. The fourth-order valence-electron chi connectivity index (χ4n) is 3.12. The van der Waals surface area contributed by atoms with Crippen LogP contribution in [0.25, 0.3) is 0 Å². The Morgan fingerprint density at radius 1 is 1.56 bits per heavy atom. The second-order valence-electron chi connectivity index (χ2n) is 5.61. The molecule has 1 amide bonds. The molecule has 4 nitrogen and oxygen atoms in total. The zero-order chi connectivity index (χ0) is 12.6. The van der Waals surface area contributed by atoms with Crippen molar-refractivity contribution in [3.05, 3.63) is 24.2 Å². The summed E-state index contributed by atoms with van der Waals surface area (Å²) < 4.78 is 5.31. The predicted octanol–water partition coefficient (Wildman–Crippen LogP) is 1.85. The molecule has 2 fully saturated rings. The van der Waals surface area contributed by atoms with Gasteiger partial charge in [0.15, 0.2) is 0 Å². The van der Waals surface area contributed by atoms with Crippen LogP contribution in [0, 0.1) is 11.3 Å². The van der Waals surface area contributed by atoms with Crippen molar-refractivity contribution in [1.82, 2.24) is 10.6 Å². The molecule has 1 aliphatic carbocycles. The van der Waals surface area contributed by atoms with Gasteiger partial charge < -0.3 is 15.1 Å². The summed E-state index contributed by atoms with van der Waals surface area (Å²) in [5, 5.41) is 6.42. The van der Waals surface area contributed by atoms with Gasteiger partial charge in [0.25, 0.3) is 0 Å². The number of piperidine rings is 1. The minimum Gasteiger partial charge on any atom is -0.467 e. The molecule has 18 heavy (non-hydrogen) atoms. The van der Waals surface area contributed by atoms with Gasteiger partial charge in [0, 0.05) is 5.92 Å². The molecular formula is C14H20N2O2. The maximum atomic E-state index is 12.2. The largest absolute Gasteiger partial charge is 0.467 e. The molecule has 2 atom stereocenters. The number of furan rings is 1. The topological polar surface area (TPSA) is 54.3 Å². The van der Waals surface area contributed by atoms with Crippen LogP contribution < -0.4 is 10.6 Å². The van der Waals surface area contributed by atoms with E-state index >= 15 is 0 Å². The molecule has 1 aromatic heterocycles. The van der Waals surface area contributed by atoms with Crippen molar-refractivity contribution < 1.29 is 9.21 Å². The minimum absolute atomic E-state index is 0.0353. The summed E-state index contributed by atoms with van der Waals surface area (Å²) in [5.41, 5.74) is 0.304. The lowest BCUT2D eigenvalue weighted by atomic mass is 9.91. The van der Waals surface area contributed by atoms with Crippen molar-refractivity contribution in [2.24, 2.45) is 11.3 Å². The first-order valence-electron chi connectivity index (χ1n) is 6.76. The molecule has 0 aromatic carbocycles. The van der Waals surface area contributed by atoms with Gasteiger partial charge in [-0.05, 0) is 56.8 Å². The van der Waals surface area contributed by atoms with Gasteiger partial charge >= 0.3 is 0 Å². The molecule has 98 valence electrons. The zero-order valence-electron chi connectivity index (χ0n) is 10.7. The zero-order valence-corrected chi connectivity index (χ0v) is 10.7. The summed E-state index contributed by atoms with van der Waals surface area (Å²) in [7, 11) is 0. The minimum atomic E-state index is -0.0353. The van der Waals surface area contributed by atoms with Gasteiger partial charge in [0.1, 0.15) is 5.76 Å². The van der Waals surface area contributed by atoms with Crippen molar-refractivity contribution in [3.63, 3.8) is 0 Å². The van der Waals surface area contributed by atoms with Gasteiger partial charge in [0.2, 0.25) is 5.91 Å². The van der Waals surface area contributed by atoms with E-state index < -0.39 is 0 Å². The molecule has 1 aromatic rings. The lowest BCUT2D eigenvalue weighted by Crippen LogP contribution is -2.34. The van der Waals surface area contributed by atoms with Gasteiger partial charge in [-0.15, -0.1) is 0 Å². The maximum absolute atomic E-state index is 12.2. The molecule has 2 N–H and O–H groups in total. The van der Waals surface area contributed by atoms with Gasteiger partial charge in [0.05, 0.1) is 12.3 Å². The second-order valence-corrected chi connectivity index (χ2v) is 5.61. The third-order valence-electron chi connectivity index (χ3n) is 4.43. The first-order valence-corrected chi connectivity index (χ1v) is 6.76. The Morgan fingerprint density at radius 2 is 2.33 bits per heavy atom. The monoisotopic (exact) mass is 248 g/mol. The molecule has 1 saturated heterocycles. The first kappa shape index (κ1) is 11.8. The number of rotatable bonds is 3. The highest BCUT2D eigenvalue weighted by atomic mass is 16.3. The fraction of sp³-hybridized carbons (Fsp3) is 0.643. The number of hydrogen-bond donors (Lipinski definition) is 2. The Bertz CT molecular complexity index is 421. The van der Waals surface area contributed by atoms with Gasteiger partial charge in [-0.25, -0.2) is 0 Å². The van der Waals surface area contributed by atoms with Crippen LogP contribution >= 0.6 is 0 Å². The van der Waals surface area contributed by atoms with Crippen LogP contribution in [0.5, 0.6) is 0 Å². The number of carbonyl (C=O) groups is 1. The maximum Gasteiger partial charge on any atom is 0.224 e. The lowest BCUT2D eigenvalue weighted by molar-refractivity contribution is -0.124.